The molecular formula is C44H28N6. The fraction of sp³-hybridized carbons (Fsp3) is 0. The Morgan fingerprint density at radius 3 is 1.72 bits per heavy atom. The predicted molar refractivity (Wildman–Crippen MR) is 203 cm³/mol. The average molecular weight is 641 g/mol. The summed E-state index contributed by atoms with van der Waals surface area (Å²) in [6.07, 6.45) is 2.15. The zero-order chi connectivity index (χ0) is 33.0. The van der Waals surface area contributed by atoms with Gasteiger partial charge in [-0.2, -0.15) is 0 Å². The quantitative estimate of drug-likeness (QED) is 0.188. The summed E-state index contributed by atoms with van der Waals surface area (Å²) in [5.41, 5.74) is 9.55. The van der Waals surface area contributed by atoms with Gasteiger partial charge in [0, 0.05) is 44.6 Å². The molecule has 4 heterocycles. The Balaban J connectivity index is 1.25. The van der Waals surface area contributed by atoms with E-state index in [-0.39, 0.29) is 0 Å². The maximum Gasteiger partial charge on any atom is 0.235 e. The Morgan fingerprint density at radius 2 is 1.00 bits per heavy atom. The fourth-order valence-electron chi connectivity index (χ4n) is 7.12. The number of hydrogen-bond donors (Lipinski definition) is 0. The lowest BCUT2D eigenvalue weighted by Crippen LogP contribution is -2.05. The third-order valence-electron chi connectivity index (χ3n) is 9.41. The second-order valence-electron chi connectivity index (χ2n) is 12.3. The molecule has 6 nitrogen and oxygen atoms in total. The summed E-state index contributed by atoms with van der Waals surface area (Å²) in [5, 5.41) is 4.38. The highest BCUT2D eigenvalue weighted by Gasteiger charge is 2.21. The Kier molecular flexibility index (Phi) is 6.39. The van der Waals surface area contributed by atoms with E-state index in [1.54, 1.807) is 0 Å². The van der Waals surface area contributed by atoms with Crippen LogP contribution >= 0.6 is 0 Å². The number of hydrogen-bond acceptors (Lipinski definition) is 4. The molecule has 0 unspecified atom stereocenters. The van der Waals surface area contributed by atoms with Crippen LogP contribution in [-0.2, 0) is 0 Å². The molecule has 0 saturated carbocycles. The van der Waals surface area contributed by atoms with Gasteiger partial charge in [0.1, 0.15) is 5.69 Å². The molecule has 0 amide bonds. The zero-order valence-corrected chi connectivity index (χ0v) is 26.8. The number of fused-ring (bicyclic) bond motifs is 6. The molecule has 234 valence electrons. The van der Waals surface area contributed by atoms with Crippen LogP contribution < -0.4 is 0 Å². The summed E-state index contributed by atoms with van der Waals surface area (Å²) >= 11 is 0. The van der Waals surface area contributed by atoms with Crippen molar-refractivity contribution in [2.24, 2.45) is 0 Å². The van der Waals surface area contributed by atoms with Crippen LogP contribution in [0.15, 0.2) is 170 Å². The Labute approximate surface area is 287 Å². The molecular weight excluding hydrogens is 613 g/mol. The first-order valence-electron chi connectivity index (χ1n) is 16.7. The second kappa shape index (κ2) is 11.4. The predicted octanol–water partition coefficient (Wildman–Crippen LogP) is 10.5. The largest absolute Gasteiger partial charge is 0.317 e. The molecule has 0 saturated heterocycles. The molecule has 10 rings (SSSR count). The van der Waals surface area contributed by atoms with Crippen molar-refractivity contribution < 1.29 is 0 Å². The van der Waals surface area contributed by atoms with Gasteiger partial charge in [-0.25, -0.2) is 19.9 Å². The van der Waals surface area contributed by atoms with Gasteiger partial charge in [-0.3, -0.25) is 4.57 Å². The van der Waals surface area contributed by atoms with Crippen molar-refractivity contribution in [3.8, 4) is 45.7 Å². The summed E-state index contributed by atoms with van der Waals surface area (Å²) < 4.78 is 4.42. The van der Waals surface area contributed by atoms with E-state index in [4.69, 9.17) is 19.9 Å². The standard InChI is InChI=1S/C44H28N6/c1-4-14-29(15-5-1)36-28-37(30-16-6-2-7-17-30)46-43(45-36)42-32-20-10-12-22-35(32)47-44(48-42)50-39-23-13-11-21-33(39)41-34-26-27-49(31-18-8-3-9-19-31)38(34)24-25-40(41)50/h1-28H. The molecule has 10 aromatic rings. The van der Waals surface area contributed by atoms with Crippen LogP contribution in [0.4, 0.5) is 0 Å². The van der Waals surface area contributed by atoms with Gasteiger partial charge in [-0.1, -0.05) is 115 Å². The van der Waals surface area contributed by atoms with E-state index >= 15 is 0 Å². The first kappa shape index (κ1) is 28.1. The van der Waals surface area contributed by atoms with Crippen molar-refractivity contribution in [3.05, 3.63) is 170 Å². The van der Waals surface area contributed by atoms with Crippen LogP contribution in [0.2, 0.25) is 0 Å². The third kappa shape index (κ3) is 4.50. The maximum atomic E-state index is 5.34. The molecule has 0 spiro atoms. The molecule has 0 aliphatic carbocycles. The molecule has 0 aliphatic heterocycles. The highest BCUT2D eigenvalue weighted by atomic mass is 15.2. The minimum absolute atomic E-state index is 0.549. The van der Waals surface area contributed by atoms with Gasteiger partial charge in [0.25, 0.3) is 0 Å². The van der Waals surface area contributed by atoms with Crippen molar-refractivity contribution >= 4 is 43.6 Å². The van der Waals surface area contributed by atoms with Crippen LogP contribution in [-0.4, -0.2) is 29.1 Å². The molecule has 50 heavy (non-hydrogen) atoms. The molecule has 0 atom stereocenters. The Morgan fingerprint density at radius 1 is 0.420 bits per heavy atom. The normalized spacial score (nSPS) is 11.6. The fourth-order valence-corrected chi connectivity index (χ4v) is 7.12. The molecule has 6 heteroatoms. The molecule has 6 aromatic carbocycles. The van der Waals surface area contributed by atoms with Crippen molar-refractivity contribution in [2.75, 3.05) is 0 Å². The molecule has 0 N–H and O–H groups in total. The minimum atomic E-state index is 0.549. The van der Waals surface area contributed by atoms with E-state index in [1.165, 1.54) is 10.8 Å². The highest BCUT2D eigenvalue weighted by molar-refractivity contribution is 6.21. The molecule has 0 radical (unpaired) electrons. The van der Waals surface area contributed by atoms with Crippen molar-refractivity contribution in [1.29, 1.82) is 0 Å². The lowest BCUT2D eigenvalue weighted by Gasteiger charge is -2.13. The van der Waals surface area contributed by atoms with Crippen molar-refractivity contribution in [1.82, 2.24) is 29.1 Å². The second-order valence-corrected chi connectivity index (χ2v) is 12.3. The van der Waals surface area contributed by atoms with E-state index in [2.05, 4.69) is 118 Å². The van der Waals surface area contributed by atoms with Crippen molar-refractivity contribution in [3.63, 3.8) is 0 Å². The number of rotatable bonds is 5. The van der Waals surface area contributed by atoms with Gasteiger partial charge < -0.3 is 4.57 Å². The molecule has 4 aromatic heterocycles. The van der Waals surface area contributed by atoms with Crippen LogP contribution in [0.25, 0.3) is 89.3 Å². The third-order valence-corrected chi connectivity index (χ3v) is 9.41. The first-order valence-corrected chi connectivity index (χ1v) is 16.7. The smallest absolute Gasteiger partial charge is 0.235 e. The first-order chi connectivity index (χ1) is 24.8. The molecule has 0 bridgehead atoms. The lowest BCUT2D eigenvalue weighted by molar-refractivity contribution is 1.00. The summed E-state index contributed by atoms with van der Waals surface area (Å²) in [4.78, 5) is 20.8. The van der Waals surface area contributed by atoms with Crippen molar-refractivity contribution in [2.45, 2.75) is 0 Å². The average Bonchev–Trinajstić information content (AvgIpc) is 3.78. The Bertz CT molecular complexity index is 2800. The summed E-state index contributed by atoms with van der Waals surface area (Å²) in [6, 6.07) is 56.2. The zero-order valence-electron chi connectivity index (χ0n) is 26.8. The van der Waals surface area contributed by atoms with Crippen LogP contribution in [0.5, 0.6) is 0 Å². The van der Waals surface area contributed by atoms with E-state index in [1.807, 2.05) is 60.7 Å². The minimum Gasteiger partial charge on any atom is -0.317 e. The molecule has 0 fully saturated rings. The van der Waals surface area contributed by atoms with Gasteiger partial charge in [0.15, 0.2) is 5.82 Å². The Hall–Kier alpha value is -6.92. The van der Waals surface area contributed by atoms with Crippen LogP contribution in [0.3, 0.4) is 0 Å². The lowest BCUT2D eigenvalue weighted by atomic mass is 10.1. The van der Waals surface area contributed by atoms with E-state index in [0.717, 1.165) is 61.0 Å². The van der Waals surface area contributed by atoms with Gasteiger partial charge in [0.2, 0.25) is 5.95 Å². The van der Waals surface area contributed by atoms with Gasteiger partial charge >= 0.3 is 0 Å². The number of nitrogens with zero attached hydrogens (tertiary/aromatic N) is 6. The van der Waals surface area contributed by atoms with Gasteiger partial charge in [-0.05, 0) is 48.5 Å². The van der Waals surface area contributed by atoms with E-state index in [0.29, 0.717) is 17.5 Å². The number of para-hydroxylation sites is 3. The summed E-state index contributed by atoms with van der Waals surface area (Å²) in [6.45, 7) is 0. The van der Waals surface area contributed by atoms with Crippen LogP contribution in [0, 0.1) is 0 Å². The van der Waals surface area contributed by atoms with E-state index in [9.17, 15) is 0 Å². The summed E-state index contributed by atoms with van der Waals surface area (Å²) in [5.74, 6) is 1.12. The summed E-state index contributed by atoms with van der Waals surface area (Å²) in [7, 11) is 0. The monoisotopic (exact) mass is 640 g/mol. The topological polar surface area (TPSA) is 61.4 Å². The van der Waals surface area contributed by atoms with E-state index < -0.39 is 0 Å². The van der Waals surface area contributed by atoms with Crippen LogP contribution in [0.1, 0.15) is 0 Å². The maximum absolute atomic E-state index is 5.34. The van der Waals surface area contributed by atoms with Gasteiger partial charge in [0.05, 0.1) is 33.5 Å². The number of benzene rings is 6. The SMILES string of the molecule is c1ccc(-c2cc(-c3ccccc3)nc(-c3nc(-n4c5ccccc5c5c6ccn(-c7ccccc7)c6ccc54)nc4ccccc34)n2)cc1. The highest BCUT2D eigenvalue weighted by Crippen LogP contribution is 2.38. The van der Waals surface area contributed by atoms with Gasteiger partial charge in [-0.15, -0.1) is 0 Å². The molecule has 0 aliphatic rings. The number of aromatic nitrogens is 6.